The number of anilines is 2. The highest BCUT2D eigenvalue weighted by atomic mass is 16.3. The van der Waals surface area contributed by atoms with Gasteiger partial charge < -0.3 is 15.1 Å². The first-order chi connectivity index (χ1) is 9.79. The van der Waals surface area contributed by atoms with E-state index in [4.69, 9.17) is 4.42 Å². The van der Waals surface area contributed by atoms with Gasteiger partial charge in [0.2, 0.25) is 0 Å². The summed E-state index contributed by atoms with van der Waals surface area (Å²) in [5.74, 6) is 3.40. The Morgan fingerprint density at radius 3 is 2.80 bits per heavy atom. The number of aryl methyl sites for hydroxylation is 1. The van der Waals surface area contributed by atoms with E-state index in [1.54, 1.807) is 6.26 Å². The topological polar surface area (TPSA) is 63.0 Å². The third-order valence-corrected chi connectivity index (χ3v) is 3.57. The molecule has 0 unspecified atom stereocenters. The number of furan rings is 1. The third-order valence-electron chi connectivity index (χ3n) is 3.57. The van der Waals surface area contributed by atoms with Crippen molar-refractivity contribution in [1.29, 1.82) is 0 Å². The minimum Gasteiger partial charge on any atom is -0.467 e. The molecule has 1 aliphatic rings. The summed E-state index contributed by atoms with van der Waals surface area (Å²) in [7, 11) is 0. The number of hydrogen-bond donors (Lipinski definition) is 2. The largest absolute Gasteiger partial charge is 0.467 e. The van der Waals surface area contributed by atoms with Gasteiger partial charge in [-0.3, -0.25) is 0 Å². The lowest BCUT2D eigenvalue weighted by Gasteiger charge is -2.14. The standard InChI is InChI=1S/C15H20N4O/c1-11-17-14(16-10-13-7-4-8-20-13)9-15(18-11)19-12-5-2-3-6-12/h4,7-9,12H,2-3,5-6,10H2,1H3,(H2,16,17,18,19). The van der Waals surface area contributed by atoms with Crippen LogP contribution in [0.25, 0.3) is 0 Å². The van der Waals surface area contributed by atoms with E-state index in [1.165, 1.54) is 25.7 Å². The molecule has 2 aromatic rings. The fraction of sp³-hybridized carbons (Fsp3) is 0.467. The molecule has 0 amide bonds. The number of nitrogens with one attached hydrogen (secondary N) is 2. The van der Waals surface area contributed by atoms with Gasteiger partial charge in [-0.15, -0.1) is 0 Å². The second-order valence-corrected chi connectivity index (χ2v) is 5.24. The van der Waals surface area contributed by atoms with Crippen molar-refractivity contribution in [1.82, 2.24) is 9.97 Å². The summed E-state index contributed by atoms with van der Waals surface area (Å²) in [5, 5.41) is 6.77. The first-order valence-electron chi connectivity index (χ1n) is 7.18. The Bertz CT molecular complexity index is 547. The second-order valence-electron chi connectivity index (χ2n) is 5.24. The molecule has 2 N–H and O–H groups in total. The molecule has 2 heterocycles. The van der Waals surface area contributed by atoms with Crippen molar-refractivity contribution in [3.63, 3.8) is 0 Å². The number of aromatic nitrogens is 2. The lowest BCUT2D eigenvalue weighted by atomic mass is 10.2. The van der Waals surface area contributed by atoms with Crippen molar-refractivity contribution in [3.8, 4) is 0 Å². The van der Waals surface area contributed by atoms with Crippen LogP contribution in [0.2, 0.25) is 0 Å². The van der Waals surface area contributed by atoms with E-state index in [0.29, 0.717) is 12.6 Å². The fourth-order valence-corrected chi connectivity index (χ4v) is 2.60. The predicted molar refractivity (Wildman–Crippen MR) is 78.7 cm³/mol. The molecule has 0 radical (unpaired) electrons. The summed E-state index contributed by atoms with van der Waals surface area (Å²) in [5.41, 5.74) is 0. The van der Waals surface area contributed by atoms with Gasteiger partial charge in [-0.05, 0) is 31.9 Å². The van der Waals surface area contributed by atoms with Crippen LogP contribution in [-0.2, 0) is 6.54 Å². The molecular formula is C15H20N4O. The molecule has 20 heavy (non-hydrogen) atoms. The zero-order chi connectivity index (χ0) is 13.8. The number of hydrogen-bond acceptors (Lipinski definition) is 5. The van der Waals surface area contributed by atoms with E-state index in [-0.39, 0.29) is 0 Å². The third kappa shape index (κ3) is 3.29. The van der Waals surface area contributed by atoms with Crippen molar-refractivity contribution in [2.75, 3.05) is 10.6 Å². The molecule has 2 aromatic heterocycles. The van der Waals surface area contributed by atoms with Crippen molar-refractivity contribution in [2.45, 2.75) is 45.2 Å². The van der Waals surface area contributed by atoms with E-state index < -0.39 is 0 Å². The Labute approximate surface area is 118 Å². The van der Waals surface area contributed by atoms with Gasteiger partial charge in [-0.1, -0.05) is 12.8 Å². The lowest BCUT2D eigenvalue weighted by Crippen LogP contribution is -2.16. The van der Waals surface area contributed by atoms with Crippen LogP contribution in [0.5, 0.6) is 0 Å². The lowest BCUT2D eigenvalue weighted by molar-refractivity contribution is 0.517. The maximum absolute atomic E-state index is 5.30. The van der Waals surface area contributed by atoms with Gasteiger partial charge in [0, 0.05) is 12.1 Å². The number of rotatable bonds is 5. The Morgan fingerprint density at radius 2 is 2.05 bits per heavy atom. The Hall–Kier alpha value is -2.04. The first kappa shape index (κ1) is 13.0. The summed E-state index contributed by atoms with van der Waals surface area (Å²) < 4.78 is 5.30. The van der Waals surface area contributed by atoms with Crippen molar-refractivity contribution in [3.05, 3.63) is 36.0 Å². The first-order valence-corrected chi connectivity index (χ1v) is 7.18. The Kier molecular flexibility index (Phi) is 3.85. The summed E-state index contributed by atoms with van der Waals surface area (Å²) in [6.45, 7) is 2.55. The summed E-state index contributed by atoms with van der Waals surface area (Å²) in [6, 6.07) is 6.35. The molecule has 5 heteroatoms. The maximum atomic E-state index is 5.30. The van der Waals surface area contributed by atoms with Gasteiger partial charge in [0.15, 0.2) is 0 Å². The highest BCUT2D eigenvalue weighted by molar-refractivity contribution is 5.48. The number of nitrogens with zero attached hydrogens (tertiary/aromatic N) is 2. The molecule has 3 rings (SSSR count). The van der Waals surface area contributed by atoms with E-state index in [9.17, 15) is 0 Å². The summed E-state index contributed by atoms with van der Waals surface area (Å²) >= 11 is 0. The van der Waals surface area contributed by atoms with Crippen molar-refractivity contribution < 1.29 is 4.42 Å². The minimum absolute atomic E-state index is 0.558. The highest BCUT2D eigenvalue weighted by Crippen LogP contribution is 2.22. The van der Waals surface area contributed by atoms with E-state index in [0.717, 1.165) is 23.2 Å². The van der Waals surface area contributed by atoms with E-state index in [2.05, 4.69) is 20.6 Å². The van der Waals surface area contributed by atoms with Gasteiger partial charge in [-0.25, -0.2) is 9.97 Å². The van der Waals surface area contributed by atoms with Crippen LogP contribution in [-0.4, -0.2) is 16.0 Å². The van der Waals surface area contributed by atoms with Gasteiger partial charge in [0.25, 0.3) is 0 Å². The molecule has 5 nitrogen and oxygen atoms in total. The average molecular weight is 272 g/mol. The van der Waals surface area contributed by atoms with Crippen LogP contribution < -0.4 is 10.6 Å². The van der Waals surface area contributed by atoms with E-state index >= 15 is 0 Å². The van der Waals surface area contributed by atoms with Crippen LogP contribution in [0, 0.1) is 6.92 Å². The monoisotopic (exact) mass is 272 g/mol. The van der Waals surface area contributed by atoms with E-state index in [1.807, 2.05) is 25.1 Å². The zero-order valence-electron chi connectivity index (χ0n) is 11.7. The zero-order valence-corrected chi connectivity index (χ0v) is 11.7. The van der Waals surface area contributed by atoms with Crippen LogP contribution in [0.4, 0.5) is 11.6 Å². The fourth-order valence-electron chi connectivity index (χ4n) is 2.60. The molecule has 0 aliphatic heterocycles. The quantitative estimate of drug-likeness (QED) is 0.874. The van der Waals surface area contributed by atoms with Crippen LogP contribution >= 0.6 is 0 Å². The molecule has 0 saturated heterocycles. The second kappa shape index (κ2) is 5.94. The van der Waals surface area contributed by atoms with Gasteiger partial charge in [0.1, 0.15) is 23.2 Å². The van der Waals surface area contributed by atoms with Crippen LogP contribution in [0.15, 0.2) is 28.9 Å². The molecule has 1 fully saturated rings. The molecule has 1 saturated carbocycles. The molecule has 0 spiro atoms. The van der Waals surface area contributed by atoms with Crippen LogP contribution in [0.1, 0.15) is 37.3 Å². The molecule has 106 valence electrons. The van der Waals surface area contributed by atoms with Gasteiger partial charge in [0.05, 0.1) is 12.8 Å². The molecule has 0 atom stereocenters. The molecule has 0 aromatic carbocycles. The van der Waals surface area contributed by atoms with Gasteiger partial charge in [-0.2, -0.15) is 0 Å². The van der Waals surface area contributed by atoms with Gasteiger partial charge >= 0.3 is 0 Å². The molecule has 0 bridgehead atoms. The summed E-state index contributed by atoms with van der Waals surface area (Å²) in [6.07, 6.45) is 6.77. The maximum Gasteiger partial charge on any atom is 0.132 e. The van der Waals surface area contributed by atoms with Crippen molar-refractivity contribution in [2.24, 2.45) is 0 Å². The normalized spacial score (nSPS) is 15.4. The Balaban J connectivity index is 1.65. The minimum atomic E-state index is 0.558. The molecular weight excluding hydrogens is 252 g/mol. The smallest absolute Gasteiger partial charge is 0.132 e. The van der Waals surface area contributed by atoms with Crippen LogP contribution in [0.3, 0.4) is 0 Å². The Morgan fingerprint density at radius 1 is 1.25 bits per heavy atom. The SMILES string of the molecule is Cc1nc(NCc2ccco2)cc(NC2CCCC2)n1. The van der Waals surface area contributed by atoms with Crippen molar-refractivity contribution >= 4 is 11.6 Å². The summed E-state index contributed by atoms with van der Waals surface area (Å²) in [4.78, 5) is 8.86. The molecule has 1 aliphatic carbocycles. The highest BCUT2D eigenvalue weighted by Gasteiger charge is 2.15. The predicted octanol–water partition coefficient (Wildman–Crippen LogP) is 3.34. The average Bonchev–Trinajstić information content (AvgIpc) is 3.08.